The summed E-state index contributed by atoms with van der Waals surface area (Å²) < 4.78 is 4.41. The molecule has 0 N–H and O–H groups in total. The summed E-state index contributed by atoms with van der Waals surface area (Å²) in [6.45, 7) is 2.01. The smallest absolute Gasteiger partial charge is 0.246 e. The molecule has 7 heteroatoms. The Morgan fingerprint density at radius 3 is 3.25 bits per heavy atom. The molecule has 0 aliphatic carbocycles. The molecule has 1 rings (SSSR count). The highest BCUT2D eigenvalue weighted by Crippen LogP contribution is 1.91. The molecule has 7 nitrogen and oxygen atoms in total. The minimum atomic E-state index is -0.0729. The van der Waals surface area contributed by atoms with E-state index in [9.17, 15) is 5.21 Å². The molecule has 0 atom stereocenters. The van der Waals surface area contributed by atoms with Gasteiger partial charge >= 0.3 is 0 Å². The average molecular weight is 172 g/mol. The maximum absolute atomic E-state index is 10.8. The Balaban J connectivity index is 2.41. The van der Waals surface area contributed by atoms with Gasteiger partial charge in [0.2, 0.25) is 18.8 Å². The molecule has 0 saturated carbocycles. The van der Waals surface area contributed by atoms with Crippen molar-refractivity contribution >= 4 is 0 Å². The standard InChI is InChI=1S/C5H8N4O3/c1-2-11-8-9(10)3-5-6-4-12-7-5/h4H,2-3H2,1H3. The van der Waals surface area contributed by atoms with Crippen molar-refractivity contribution in [1.82, 2.24) is 10.1 Å². The summed E-state index contributed by atoms with van der Waals surface area (Å²) in [5.41, 5.74) is 0. The predicted molar refractivity (Wildman–Crippen MR) is 35.7 cm³/mol. The average Bonchev–Trinajstić information content (AvgIpc) is 2.53. The lowest BCUT2D eigenvalue weighted by molar-refractivity contribution is -0.574. The minimum absolute atomic E-state index is 0.0729. The molecule has 0 aliphatic heterocycles. The lowest BCUT2D eigenvalue weighted by atomic mass is 10.6. The molecule has 66 valence electrons. The highest BCUT2D eigenvalue weighted by molar-refractivity contribution is 4.71. The topological polar surface area (TPSA) is 86.6 Å². The van der Waals surface area contributed by atoms with Gasteiger partial charge in [-0.15, -0.1) is 0 Å². The van der Waals surface area contributed by atoms with Gasteiger partial charge in [0, 0.05) is 0 Å². The monoisotopic (exact) mass is 172 g/mol. The molecule has 0 aliphatic rings. The van der Waals surface area contributed by atoms with Crippen molar-refractivity contribution in [3.63, 3.8) is 0 Å². The third kappa shape index (κ3) is 2.52. The Labute approximate surface area is 68.2 Å². The Morgan fingerprint density at radius 2 is 2.67 bits per heavy atom. The molecule has 0 radical (unpaired) electrons. The summed E-state index contributed by atoms with van der Waals surface area (Å²) in [7, 11) is 0. The molecule has 0 bridgehead atoms. The van der Waals surface area contributed by atoms with E-state index in [1.807, 2.05) is 0 Å². The van der Waals surface area contributed by atoms with Crippen molar-refractivity contribution in [2.45, 2.75) is 13.5 Å². The summed E-state index contributed by atoms with van der Waals surface area (Å²) in [5.74, 6) is 0.272. The summed E-state index contributed by atoms with van der Waals surface area (Å²) in [6.07, 6.45) is 1.14. The third-order valence-electron chi connectivity index (χ3n) is 0.962. The van der Waals surface area contributed by atoms with Crippen molar-refractivity contribution in [2.24, 2.45) is 5.28 Å². The molecule has 1 heterocycles. The number of aromatic nitrogens is 2. The highest BCUT2D eigenvalue weighted by atomic mass is 16.7. The van der Waals surface area contributed by atoms with E-state index in [4.69, 9.17) is 0 Å². The van der Waals surface area contributed by atoms with Crippen LogP contribution < -0.4 is 0 Å². The molecule has 0 fully saturated rings. The van der Waals surface area contributed by atoms with Crippen LogP contribution in [0.15, 0.2) is 16.2 Å². The molecule has 1 aromatic heterocycles. The van der Waals surface area contributed by atoms with Crippen LogP contribution in [0.5, 0.6) is 0 Å². The van der Waals surface area contributed by atoms with Crippen LogP contribution in [0.3, 0.4) is 0 Å². The molecule has 0 unspecified atom stereocenters. The third-order valence-corrected chi connectivity index (χ3v) is 0.962. The van der Waals surface area contributed by atoms with E-state index in [0.717, 1.165) is 6.39 Å². The summed E-state index contributed by atoms with van der Waals surface area (Å²) in [6, 6.07) is 0. The largest absolute Gasteiger partial charge is 0.597 e. The number of rotatable bonds is 4. The molecule has 0 saturated heterocycles. The first-order chi connectivity index (χ1) is 5.83. The van der Waals surface area contributed by atoms with E-state index in [1.54, 1.807) is 6.92 Å². The van der Waals surface area contributed by atoms with Crippen molar-refractivity contribution in [3.8, 4) is 0 Å². The first-order valence-corrected chi connectivity index (χ1v) is 3.35. The van der Waals surface area contributed by atoms with Gasteiger partial charge in [0.15, 0.2) is 5.28 Å². The second-order valence-corrected chi connectivity index (χ2v) is 1.86. The minimum Gasteiger partial charge on any atom is -0.597 e. The fourth-order valence-corrected chi connectivity index (χ4v) is 0.534. The zero-order valence-corrected chi connectivity index (χ0v) is 6.51. The van der Waals surface area contributed by atoms with Gasteiger partial charge < -0.3 is 14.6 Å². The summed E-state index contributed by atoms with van der Waals surface area (Å²) in [4.78, 5) is 8.47. The first kappa shape index (κ1) is 8.44. The van der Waals surface area contributed by atoms with Gasteiger partial charge in [-0.1, -0.05) is 5.16 Å². The van der Waals surface area contributed by atoms with Crippen LogP contribution in [0.2, 0.25) is 0 Å². The lowest BCUT2D eigenvalue weighted by Gasteiger charge is -1.94. The van der Waals surface area contributed by atoms with Gasteiger partial charge in [0.1, 0.15) is 6.61 Å². The summed E-state index contributed by atoms with van der Waals surface area (Å²) >= 11 is 0. The van der Waals surface area contributed by atoms with E-state index >= 15 is 0 Å². The van der Waals surface area contributed by atoms with Crippen LogP contribution in [0, 0.1) is 5.21 Å². The Morgan fingerprint density at radius 1 is 1.83 bits per heavy atom. The van der Waals surface area contributed by atoms with Crippen LogP contribution in [0.4, 0.5) is 0 Å². The molecule has 0 spiro atoms. The maximum atomic E-state index is 10.8. The van der Waals surface area contributed by atoms with E-state index in [2.05, 4.69) is 24.8 Å². The maximum Gasteiger partial charge on any atom is 0.246 e. The van der Waals surface area contributed by atoms with Crippen molar-refractivity contribution in [3.05, 3.63) is 17.4 Å². The second kappa shape index (κ2) is 4.27. The summed E-state index contributed by atoms with van der Waals surface area (Å²) in [5, 5.41) is 17.4. The fourth-order valence-electron chi connectivity index (χ4n) is 0.534. The SMILES string of the molecule is CCON=[N+]([O-])Cc1ncon1. The number of hydrogen-bond donors (Lipinski definition) is 0. The molecular weight excluding hydrogens is 164 g/mol. The molecule has 1 aromatic rings. The zero-order valence-electron chi connectivity index (χ0n) is 6.51. The Bertz CT molecular complexity index is 245. The van der Waals surface area contributed by atoms with Crippen molar-refractivity contribution in [1.29, 1.82) is 0 Å². The van der Waals surface area contributed by atoms with Crippen LogP contribution in [-0.2, 0) is 11.4 Å². The normalized spacial score (nSPS) is 11.6. The number of hydrogen-bond acceptors (Lipinski definition) is 6. The zero-order chi connectivity index (χ0) is 8.81. The molecule has 0 amide bonds. The Kier molecular flexibility index (Phi) is 3.00. The van der Waals surface area contributed by atoms with Crippen LogP contribution in [0.25, 0.3) is 0 Å². The lowest BCUT2D eigenvalue weighted by Crippen LogP contribution is -2.03. The molecule has 12 heavy (non-hydrogen) atoms. The van der Waals surface area contributed by atoms with E-state index < -0.39 is 0 Å². The van der Waals surface area contributed by atoms with Crippen LogP contribution in [-0.4, -0.2) is 21.6 Å². The van der Waals surface area contributed by atoms with E-state index in [-0.39, 0.29) is 12.4 Å². The number of hydroxylamine groups is 1. The fraction of sp³-hybridized carbons (Fsp3) is 0.600. The van der Waals surface area contributed by atoms with Crippen molar-refractivity contribution in [2.75, 3.05) is 6.61 Å². The van der Waals surface area contributed by atoms with Gasteiger partial charge in [-0.3, -0.25) is 0 Å². The van der Waals surface area contributed by atoms with Gasteiger partial charge in [-0.25, -0.2) is 0 Å². The van der Waals surface area contributed by atoms with Gasteiger partial charge in [-0.05, 0) is 11.8 Å². The van der Waals surface area contributed by atoms with Gasteiger partial charge in [-0.2, -0.15) is 4.98 Å². The number of nitrogens with zero attached hydrogens (tertiary/aromatic N) is 4. The van der Waals surface area contributed by atoms with Crippen LogP contribution in [0.1, 0.15) is 12.7 Å². The molecular formula is C5H8N4O3. The second-order valence-electron chi connectivity index (χ2n) is 1.86. The van der Waals surface area contributed by atoms with E-state index in [0.29, 0.717) is 11.5 Å². The van der Waals surface area contributed by atoms with E-state index in [1.165, 1.54) is 0 Å². The van der Waals surface area contributed by atoms with Gasteiger partial charge in [0.25, 0.3) is 0 Å². The predicted octanol–water partition coefficient (Wildman–Crippen LogP) is 0.484. The highest BCUT2D eigenvalue weighted by Gasteiger charge is 2.04. The molecule has 0 aromatic carbocycles. The van der Waals surface area contributed by atoms with Gasteiger partial charge in [0.05, 0.1) is 0 Å². The van der Waals surface area contributed by atoms with Crippen molar-refractivity contribution < 1.29 is 14.2 Å². The quantitative estimate of drug-likeness (QED) is 0.374. The first-order valence-electron chi connectivity index (χ1n) is 3.35. The van der Waals surface area contributed by atoms with Crippen LogP contribution >= 0.6 is 0 Å². The Hall–Kier alpha value is -1.66.